The lowest BCUT2D eigenvalue weighted by atomic mass is 9.95. The molecule has 0 aliphatic rings. The van der Waals surface area contributed by atoms with Gasteiger partial charge >= 0.3 is 0 Å². The molecule has 1 N–H and O–H groups in total. The van der Waals surface area contributed by atoms with Crippen LogP contribution in [0.3, 0.4) is 0 Å². The van der Waals surface area contributed by atoms with Gasteiger partial charge in [-0.3, -0.25) is 0 Å². The highest BCUT2D eigenvalue weighted by Gasteiger charge is 2.13. The maximum atomic E-state index is 5.22. The Morgan fingerprint density at radius 2 is 1.86 bits per heavy atom. The van der Waals surface area contributed by atoms with Gasteiger partial charge < -0.3 is 10.1 Å². The molecule has 0 radical (unpaired) electrons. The smallest absolute Gasteiger partial charge is 0.118 e. The summed E-state index contributed by atoms with van der Waals surface area (Å²) in [6.45, 7) is 5.27. The van der Waals surface area contributed by atoms with Crippen molar-refractivity contribution in [3.63, 3.8) is 0 Å². The third-order valence-electron chi connectivity index (χ3n) is 3.66. The SMILES string of the molecule is CCNC(Cc1ccc(OC)cc1)c1ccc(Br)cc1C. The number of aryl methyl sites for hydroxylation is 1. The maximum Gasteiger partial charge on any atom is 0.118 e. The second kappa shape index (κ2) is 7.62. The largest absolute Gasteiger partial charge is 0.497 e. The number of hydrogen-bond acceptors (Lipinski definition) is 2. The molecule has 3 heteroatoms. The van der Waals surface area contributed by atoms with Crippen molar-refractivity contribution in [2.75, 3.05) is 13.7 Å². The highest BCUT2D eigenvalue weighted by atomic mass is 79.9. The lowest BCUT2D eigenvalue weighted by Gasteiger charge is -2.21. The second-order valence-corrected chi connectivity index (χ2v) is 6.08. The van der Waals surface area contributed by atoms with E-state index in [0.29, 0.717) is 6.04 Å². The van der Waals surface area contributed by atoms with Crippen LogP contribution in [0.1, 0.15) is 29.7 Å². The van der Waals surface area contributed by atoms with Gasteiger partial charge in [0.15, 0.2) is 0 Å². The molecule has 2 rings (SSSR count). The van der Waals surface area contributed by atoms with Crippen molar-refractivity contribution in [1.29, 1.82) is 0 Å². The molecule has 0 heterocycles. The quantitative estimate of drug-likeness (QED) is 0.820. The van der Waals surface area contributed by atoms with E-state index < -0.39 is 0 Å². The minimum atomic E-state index is 0.330. The predicted octanol–water partition coefficient (Wildman–Crippen LogP) is 4.66. The minimum Gasteiger partial charge on any atom is -0.497 e. The molecule has 2 nitrogen and oxygen atoms in total. The van der Waals surface area contributed by atoms with Crippen molar-refractivity contribution in [2.24, 2.45) is 0 Å². The number of halogens is 1. The summed E-state index contributed by atoms with van der Waals surface area (Å²) in [5, 5.41) is 3.59. The molecule has 0 aliphatic carbocycles. The van der Waals surface area contributed by atoms with Gasteiger partial charge in [0.25, 0.3) is 0 Å². The van der Waals surface area contributed by atoms with Gasteiger partial charge in [-0.25, -0.2) is 0 Å². The fourth-order valence-corrected chi connectivity index (χ4v) is 3.04. The predicted molar refractivity (Wildman–Crippen MR) is 92.0 cm³/mol. The van der Waals surface area contributed by atoms with Gasteiger partial charge in [0.05, 0.1) is 7.11 Å². The summed E-state index contributed by atoms with van der Waals surface area (Å²) in [6, 6.07) is 15.1. The summed E-state index contributed by atoms with van der Waals surface area (Å²) in [5.74, 6) is 0.901. The summed E-state index contributed by atoms with van der Waals surface area (Å²) in [6.07, 6.45) is 0.973. The first kappa shape index (κ1) is 16.1. The number of methoxy groups -OCH3 is 1. The molecule has 2 aromatic rings. The maximum absolute atomic E-state index is 5.22. The lowest BCUT2D eigenvalue weighted by Crippen LogP contribution is -2.23. The molecule has 0 bridgehead atoms. The fraction of sp³-hybridized carbons (Fsp3) is 0.333. The van der Waals surface area contributed by atoms with Crippen LogP contribution in [0.5, 0.6) is 5.75 Å². The molecule has 21 heavy (non-hydrogen) atoms. The van der Waals surface area contributed by atoms with E-state index in [2.05, 4.69) is 65.4 Å². The van der Waals surface area contributed by atoms with Crippen molar-refractivity contribution in [2.45, 2.75) is 26.3 Å². The van der Waals surface area contributed by atoms with Crippen LogP contribution in [0.4, 0.5) is 0 Å². The molecule has 0 saturated heterocycles. The molecule has 1 atom stereocenters. The van der Waals surface area contributed by atoms with Gasteiger partial charge in [-0.15, -0.1) is 0 Å². The highest BCUT2D eigenvalue weighted by molar-refractivity contribution is 9.10. The zero-order valence-corrected chi connectivity index (χ0v) is 14.4. The van der Waals surface area contributed by atoms with Crippen LogP contribution in [0, 0.1) is 6.92 Å². The van der Waals surface area contributed by atoms with Crippen LogP contribution in [0.15, 0.2) is 46.9 Å². The standard InChI is InChI=1S/C18H22BrNO/c1-4-20-18(17-10-7-15(19)11-13(17)2)12-14-5-8-16(21-3)9-6-14/h5-11,18,20H,4,12H2,1-3H3. The van der Waals surface area contributed by atoms with Crippen molar-refractivity contribution in [3.8, 4) is 5.75 Å². The van der Waals surface area contributed by atoms with Gasteiger partial charge in [-0.2, -0.15) is 0 Å². The monoisotopic (exact) mass is 347 g/mol. The Bertz CT molecular complexity index is 580. The van der Waals surface area contributed by atoms with Crippen molar-refractivity contribution < 1.29 is 4.74 Å². The summed E-state index contributed by atoms with van der Waals surface area (Å²) in [7, 11) is 1.70. The molecule has 112 valence electrons. The van der Waals surface area contributed by atoms with Gasteiger partial charge in [-0.1, -0.05) is 41.1 Å². The summed E-state index contributed by atoms with van der Waals surface area (Å²) >= 11 is 3.53. The Kier molecular flexibility index (Phi) is 5.83. The van der Waals surface area contributed by atoms with E-state index in [4.69, 9.17) is 4.74 Å². The summed E-state index contributed by atoms with van der Waals surface area (Å²) < 4.78 is 6.35. The van der Waals surface area contributed by atoms with Crippen LogP contribution < -0.4 is 10.1 Å². The number of hydrogen-bond donors (Lipinski definition) is 1. The Morgan fingerprint density at radius 3 is 2.43 bits per heavy atom. The molecule has 0 fully saturated rings. The van der Waals surface area contributed by atoms with Crippen LogP contribution >= 0.6 is 15.9 Å². The van der Waals surface area contributed by atoms with E-state index in [1.807, 2.05) is 12.1 Å². The average Bonchev–Trinajstić information content (AvgIpc) is 2.48. The Balaban J connectivity index is 2.21. The van der Waals surface area contributed by atoms with E-state index in [1.54, 1.807) is 7.11 Å². The number of rotatable bonds is 6. The Morgan fingerprint density at radius 1 is 1.14 bits per heavy atom. The zero-order chi connectivity index (χ0) is 15.2. The van der Waals surface area contributed by atoms with Gasteiger partial charge in [0.1, 0.15) is 5.75 Å². The lowest BCUT2D eigenvalue weighted by molar-refractivity contribution is 0.414. The van der Waals surface area contributed by atoms with E-state index in [-0.39, 0.29) is 0 Å². The Labute approximate surface area is 135 Å². The number of benzene rings is 2. The molecule has 0 spiro atoms. The minimum absolute atomic E-state index is 0.330. The number of likely N-dealkylation sites (N-methyl/N-ethyl adjacent to an activating group) is 1. The van der Waals surface area contributed by atoms with Crippen LogP contribution in [0.25, 0.3) is 0 Å². The molecule has 1 unspecified atom stereocenters. The van der Waals surface area contributed by atoms with Gasteiger partial charge in [-0.05, 0) is 60.8 Å². The van der Waals surface area contributed by atoms with E-state index >= 15 is 0 Å². The fourth-order valence-electron chi connectivity index (χ4n) is 2.57. The Hall–Kier alpha value is -1.32. The van der Waals surface area contributed by atoms with Gasteiger partial charge in [0, 0.05) is 10.5 Å². The van der Waals surface area contributed by atoms with Crippen molar-refractivity contribution >= 4 is 15.9 Å². The van der Waals surface area contributed by atoms with Gasteiger partial charge in [0.2, 0.25) is 0 Å². The summed E-state index contributed by atoms with van der Waals surface area (Å²) in [4.78, 5) is 0. The summed E-state index contributed by atoms with van der Waals surface area (Å²) in [5.41, 5.74) is 3.98. The molecule has 0 aromatic heterocycles. The van der Waals surface area contributed by atoms with Crippen LogP contribution in [-0.4, -0.2) is 13.7 Å². The second-order valence-electron chi connectivity index (χ2n) is 5.16. The normalized spacial score (nSPS) is 12.2. The third-order valence-corrected chi connectivity index (χ3v) is 4.15. The third kappa shape index (κ3) is 4.32. The first-order chi connectivity index (χ1) is 10.1. The van der Waals surface area contributed by atoms with Crippen molar-refractivity contribution in [3.05, 3.63) is 63.6 Å². The highest BCUT2D eigenvalue weighted by Crippen LogP contribution is 2.25. The van der Waals surface area contributed by atoms with E-state index in [9.17, 15) is 0 Å². The van der Waals surface area contributed by atoms with Crippen LogP contribution in [-0.2, 0) is 6.42 Å². The molecular weight excluding hydrogens is 326 g/mol. The number of ether oxygens (including phenoxy) is 1. The molecular formula is C18H22BrNO. The first-order valence-corrected chi connectivity index (χ1v) is 8.05. The van der Waals surface area contributed by atoms with E-state index in [1.165, 1.54) is 16.7 Å². The number of nitrogens with one attached hydrogen (secondary N) is 1. The molecule has 2 aromatic carbocycles. The molecule has 0 amide bonds. The molecule has 0 aliphatic heterocycles. The topological polar surface area (TPSA) is 21.3 Å². The van der Waals surface area contributed by atoms with Crippen LogP contribution in [0.2, 0.25) is 0 Å². The van der Waals surface area contributed by atoms with E-state index in [0.717, 1.165) is 23.2 Å². The zero-order valence-electron chi connectivity index (χ0n) is 12.8. The average molecular weight is 348 g/mol. The first-order valence-electron chi connectivity index (χ1n) is 7.26. The molecule has 0 saturated carbocycles. The van der Waals surface area contributed by atoms with Crippen molar-refractivity contribution in [1.82, 2.24) is 5.32 Å².